The second-order valence-corrected chi connectivity index (χ2v) is 1.03. The zero-order valence-electron chi connectivity index (χ0n) is 3.76. The summed E-state index contributed by atoms with van der Waals surface area (Å²) in [5.41, 5.74) is -0.292. The number of carbonyl (C=O) groups excluding carboxylic acids is 1. The highest BCUT2D eigenvalue weighted by atomic mass is 16.4. The first kappa shape index (κ1) is 5.92. The average molecular weight is 100 g/mol. The van der Waals surface area contributed by atoms with Crippen LogP contribution in [-0.4, -0.2) is 17.0 Å². The average Bonchev–Trinajstić information content (AvgIpc) is 1.65. The van der Waals surface area contributed by atoms with E-state index in [2.05, 4.69) is 0 Å². The van der Waals surface area contributed by atoms with Gasteiger partial charge in [-0.1, -0.05) is 0 Å². The lowest BCUT2D eigenvalue weighted by molar-refractivity contribution is -0.132. The Morgan fingerprint density at radius 1 is 1.71 bits per heavy atom. The number of rotatable bonds is 1. The first-order valence-electron chi connectivity index (χ1n) is 1.63. The summed E-state index contributed by atoms with van der Waals surface area (Å²) in [6.45, 7) is 1.19. The van der Waals surface area contributed by atoms with Crippen molar-refractivity contribution in [1.82, 2.24) is 0 Å². The van der Waals surface area contributed by atoms with E-state index in [-0.39, 0.29) is 5.57 Å². The Hall–Kier alpha value is -1.08. The molecule has 0 saturated heterocycles. The standard InChI is InChI=1S/C4H4O3/c1-3(2-5)4(6)7/h1H3,(H,6,7). The van der Waals surface area contributed by atoms with Crippen molar-refractivity contribution in [3.63, 3.8) is 0 Å². The summed E-state index contributed by atoms with van der Waals surface area (Å²) in [4.78, 5) is 19.0. The van der Waals surface area contributed by atoms with Gasteiger partial charge in [0, 0.05) is 0 Å². The van der Waals surface area contributed by atoms with Crippen LogP contribution in [0.4, 0.5) is 0 Å². The molecule has 7 heavy (non-hydrogen) atoms. The smallest absolute Gasteiger partial charge is 0.342 e. The fourth-order valence-corrected chi connectivity index (χ4v) is 0.0437. The molecule has 0 aliphatic heterocycles. The summed E-state index contributed by atoms with van der Waals surface area (Å²) in [6.07, 6.45) is 0. The Morgan fingerprint density at radius 3 is 2.14 bits per heavy atom. The SMILES string of the molecule is CC(=C=O)C(=O)O. The van der Waals surface area contributed by atoms with Gasteiger partial charge in [0.25, 0.3) is 0 Å². The van der Waals surface area contributed by atoms with Crippen molar-refractivity contribution in [3.8, 4) is 0 Å². The van der Waals surface area contributed by atoms with E-state index in [9.17, 15) is 9.59 Å². The van der Waals surface area contributed by atoms with Crippen molar-refractivity contribution < 1.29 is 14.7 Å². The molecular weight excluding hydrogens is 96.0 g/mol. The number of carboxylic acids is 1. The fourth-order valence-electron chi connectivity index (χ4n) is 0.0437. The first-order valence-corrected chi connectivity index (χ1v) is 1.63. The van der Waals surface area contributed by atoms with E-state index in [1.54, 1.807) is 0 Å². The number of hydrogen-bond donors (Lipinski definition) is 1. The molecule has 3 nitrogen and oxygen atoms in total. The quantitative estimate of drug-likeness (QED) is 0.368. The Balaban J connectivity index is 4.10. The van der Waals surface area contributed by atoms with Gasteiger partial charge in [-0.15, -0.1) is 0 Å². The molecule has 0 fully saturated rings. The molecule has 0 atom stereocenters. The van der Waals surface area contributed by atoms with Crippen molar-refractivity contribution in [2.75, 3.05) is 0 Å². The van der Waals surface area contributed by atoms with Gasteiger partial charge in [0.05, 0.1) is 0 Å². The van der Waals surface area contributed by atoms with E-state index in [1.165, 1.54) is 12.9 Å². The largest absolute Gasteiger partial charge is 0.477 e. The number of carboxylic acid groups (broad SMARTS) is 1. The molecular formula is C4H4O3. The molecule has 38 valence electrons. The molecule has 0 aliphatic carbocycles. The molecule has 0 spiro atoms. The minimum atomic E-state index is -1.21. The van der Waals surface area contributed by atoms with E-state index >= 15 is 0 Å². The minimum absolute atomic E-state index is 0.292. The minimum Gasteiger partial charge on any atom is -0.477 e. The van der Waals surface area contributed by atoms with E-state index in [0.717, 1.165) is 0 Å². The molecule has 1 N–H and O–H groups in total. The highest BCUT2D eigenvalue weighted by molar-refractivity contribution is 5.94. The van der Waals surface area contributed by atoms with Gasteiger partial charge in [0.15, 0.2) is 0 Å². The van der Waals surface area contributed by atoms with E-state index in [1.807, 2.05) is 0 Å². The van der Waals surface area contributed by atoms with Crippen LogP contribution < -0.4 is 0 Å². The van der Waals surface area contributed by atoms with Crippen molar-refractivity contribution in [1.29, 1.82) is 0 Å². The van der Waals surface area contributed by atoms with E-state index in [0.29, 0.717) is 0 Å². The van der Waals surface area contributed by atoms with Crippen molar-refractivity contribution in [3.05, 3.63) is 5.57 Å². The molecule has 0 heterocycles. The van der Waals surface area contributed by atoms with E-state index in [4.69, 9.17) is 5.11 Å². The molecule has 0 amide bonds. The molecule has 0 aromatic rings. The van der Waals surface area contributed by atoms with Crippen LogP contribution in [0, 0.1) is 0 Å². The van der Waals surface area contributed by atoms with Crippen LogP contribution in [0.15, 0.2) is 5.57 Å². The van der Waals surface area contributed by atoms with Crippen LogP contribution in [-0.2, 0) is 9.59 Å². The van der Waals surface area contributed by atoms with Crippen LogP contribution in [0.1, 0.15) is 6.92 Å². The number of carbonyl (C=O) groups is 1. The number of hydrogen-bond acceptors (Lipinski definition) is 2. The summed E-state index contributed by atoms with van der Waals surface area (Å²) >= 11 is 0. The van der Waals surface area contributed by atoms with Crippen molar-refractivity contribution in [2.24, 2.45) is 0 Å². The molecule has 0 aromatic heterocycles. The normalized spacial score (nSPS) is 7.00. The molecule has 3 heteroatoms. The first-order chi connectivity index (χ1) is 3.18. The Bertz CT molecular complexity index is 130. The molecule has 0 aliphatic rings. The summed E-state index contributed by atoms with van der Waals surface area (Å²) in [5.74, 6) is 0.0185. The highest BCUT2D eigenvalue weighted by Gasteiger charge is 1.96. The van der Waals surface area contributed by atoms with Crippen LogP contribution >= 0.6 is 0 Å². The molecule has 0 radical (unpaired) electrons. The van der Waals surface area contributed by atoms with Crippen LogP contribution in [0.25, 0.3) is 0 Å². The van der Waals surface area contributed by atoms with Gasteiger partial charge in [-0.05, 0) is 6.92 Å². The van der Waals surface area contributed by atoms with Crippen LogP contribution in [0.2, 0.25) is 0 Å². The monoisotopic (exact) mass is 100 g/mol. The van der Waals surface area contributed by atoms with Gasteiger partial charge in [0.1, 0.15) is 11.5 Å². The molecule has 0 rings (SSSR count). The molecule has 0 bridgehead atoms. The van der Waals surface area contributed by atoms with E-state index < -0.39 is 5.97 Å². The lowest BCUT2D eigenvalue weighted by atomic mass is 10.4. The third-order valence-electron chi connectivity index (χ3n) is 0.474. The van der Waals surface area contributed by atoms with Crippen LogP contribution in [0.3, 0.4) is 0 Å². The second-order valence-electron chi connectivity index (χ2n) is 1.03. The Labute approximate surface area is 40.3 Å². The zero-order valence-corrected chi connectivity index (χ0v) is 3.76. The highest BCUT2D eigenvalue weighted by Crippen LogP contribution is 1.79. The fraction of sp³-hybridized carbons (Fsp3) is 0.250. The number of aliphatic carboxylic acids is 1. The predicted molar refractivity (Wildman–Crippen MR) is 22.5 cm³/mol. The van der Waals surface area contributed by atoms with Gasteiger partial charge in [-0.3, -0.25) is 0 Å². The molecule has 0 unspecified atom stereocenters. The van der Waals surface area contributed by atoms with Gasteiger partial charge in [-0.2, -0.15) is 0 Å². The third-order valence-corrected chi connectivity index (χ3v) is 0.474. The maximum Gasteiger partial charge on any atom is 0.342 e. The third kappa shape index (κ3) is 1.73. The Kier molecular flexibility index (Phi) is 1.82. The van der Waals surface area contributed by atoms with Gasteiger partial charge in [-0.25, -0.2) is 9.59 Å². The van der Waals surface area contributed by atoms with Crippen molar-refractivity contribution >= 4 is 11.9 Å². The maximum atomic E-state index is 9.63. The van der Waals surface area contributed by atoms with Gasteiger partial charge < -0.3 is 5.11 Å². The van der Waals surface area contributed by atoms with Gasteiger partial charge >= 0.3 is 5.97 Å². The second kappa shape index (κ2) is 2.16. The molecule has 0 saturated carbocycles. The maximum absolute atomic E-state index is 9.63. The topological polar surface area (TPSA) is 54.4 Å². The zero-order chi connectivity index (χ0) is 5.86. The lowest BCUT2D eigenvalue weighted by Crippen LogP contribution is -1.95. The lowest BCUT2D eigenvalue weighted by Gasteiger charge is -1.77. The molecule has 0 aromatic carbocycles. The Morgan fingerprint density at radius 2 is 2.14 bits per heavy atom. The van der Waals surface area contributed by atoms with Crippen molar-refractivity contribution in [2.45, 2.75) is 6.92 Å². The summed E-state index contributed by atoms with van der Waals surface area (Å²) in [5, 5.41) is 7.88. The summed E-state index contributed by atoms with van der Waals surface area (Å²) in [6, 6.07) is 0. The van der Waals surface area contributed by atoms with Crippen LogP contribution in [0.5, 0.6) is 0 Å². The summed E-state index contributed by atoms with van der Waals surface area (Å²) < 4.78 is 0. The summed E-state index contributed by atoms with van der Waals surface area (Å²) in [7, 11) is 0. The predicted octanol–water partition coefficient (Wildman–Crippen LogP) is -0.151. The van der Waals surface area contributed by atoms with Gasteiger partial charge in [0.2, 0.25) is 0 Å².